The molecule has 12 heavy (non-hydrogen) atoms. The first-order valence-corrected chi connectivity index (χ1v) is 4.34. The number of nitrogens with zero attached hydrogens (tertiary/aromatic N) is 1. The van der Waals surface area contributed by atoms with Crippen LogP contribution in [0.4, 0.5) is 8.78 Å². The predicted molar refractivity (Wildman–Crippen MR) is 44.2 cm³/mol. The van der Waals surface area contributed by atoms with Crippen molar-refractivity contribution in [2.24, 2.45) is 11.7 Å². The molecule has 0 saturated carbocycles. The van der Waals surface area contributed by atoms with Crippen LogP contribution in [0, 0.1) is 5.92 Å². The summed E-state index contributed by atoms with van der Waals surface area (Å²) in [6.45, 7) is 3.68. The maximum absolute atomic E-state index is 12.7. The van der Waals surface area contributed by atoms with Crippen molar-refractivity contribution >= 4 is 0 Å². The highest BCUT2D eigenvalue weighted by atomic mass is 19.3. The van der Waals surface area contributed by atoms with Gasteiger partial charge in [-0.1, -0.05) is 6.92 Å². The van der Waals surface area contributed by atoms with Gasteiger partial charge in [0.1, 0.15) is 0 Å². The third-order valence-electron chi connectivity index (χ3n) is 2.22. The number of likely N-dealkylation sites (tertiary alicyclic amines) is 1. The zero-order valence-corrected chi connectivity index (χ0v) is 7.39. The molecule has 2 nitrogen and oxygen atoms in total. The minimum atomic E-state index is -2.46. The minimum absolute atomic E-state index is 0.00426. The minimum Gasteiger partial charge on any atom is -0.330 e. The Labute approximate surface area is 71.7 Å². The summed E-state index contributed by atoms with van der Waals surface area (Å²) in [6.07, 6.45) is 0.00426. The lowest BCUT2D eigenvalue weighted by molar-refractivity contribution is 0.0112. The molecule has 0 aliphatic carbocycles. The summed E-state index contributed by atoms with van der Waals surface area (Å²) in [5.41, 5.74) is 5.40. The number of nitrogens with two attached hydrogens (primary N) is 1. The van der Waals surface area contributed by atoms with E-state index < -0.39 is 5.92 Å². The van der Waals surface area contributed by atoms with Gasteiger partial charge in [-0.05, 0) is 12.5 Å². The molecule has 0 aromatic rings. The number of hydrogen-bond donors (Lipinski definition) is 1. The predicted octanol–water partition coefficient (Wildman–Crippen LogP) is 0.922. The third-order valence-corrected chi connectivity index (χ3v) is 2.22. The van der Waals surface area contributed by atoms with Crippen LogP contribution in [-0.4, -0.2) is 37.0 Å². The molecule has 1 saturated heterocycles. The van der Waals surface area contributed by atoms with Crippen LogP contribution in [0.2, 0.25) is 0 Å². The Morgan fingerprint density at radius 3 is 2.67 bits per heavy atom. The topological polar surface area (TPSA) is 29.3 Å². The Balaban J connectivity index is 2.28. The molecule has 1 aliphatic heterocycles. The van der Waals surface area contributed by atoms with Gasteiger partial charge in [-0.15, -0.1) is 0 Å². The number of rotatable bonds is 3. The van der Waals surface area contributed by atoms with Gasteiger partial charge in [0.2, 0.25) is 0 Å². The second-order valence-corrected chi connectivity index (χ2v) is 3.68. The molecule has 72 valence electrons. The van der Waals surface area contributed by atoms with E-state index in [1.165, 1.54) is 0 Å². The molecule has 0 amide bonds. The maximum atomic E-state index is 12.7. The van der Waals surface area contributed by atoms with E-state index in [0.29, 0.717) is 25.6 Å². The van der Waals surface area contributed by atoms with Crippen LogP contribution >= 0.6 is 0 Å². The normalized spacial score (nSPS) is 26.0. The summed E-state index contributed by atoms with van der Waals surface area (Å²) >= 11 is 0. The summed E-state index contributed by atoms with van der Waals surface area (Å²) in [7, 11) is 0. The average Bonchev–Trinajstić information content (AvgIpc) is 2.30. The lowest BCUT2D eigenvalue weighted by Gasteiger charge is -2.18. The molecule has 1 unspecified atom stereocenters. The lowest BCUT2D eigenvalue weighted by atomic mass is 10.2. The largest absolute Gasteiger partial charge is 0.330 e. The summed E-state index contributed by atoms with van der Waals surface area (Å²) in [6, 6.07) is 0. The quantitative estimate of drug-likeness (QED) is 0.696. The third kappa shape index (κ3) is 2.68. The molecule has 0 spiro atoms. The van der Waals surface area contributed by atoms with Gasteiger partial charge in [-0.3, -0.25) is 4.90 Å². The van der Waals surface area contributed by atoms with Crippen LogP contribution in [0.25, 0.3) is 0 Å². The first kappa shape index (κ1) is 9.86. The van der Waals surface area contributed by atoms with Crippen molar-refractivity contribution in [3.05, 3.63) is 0 Å². The highest BCUT2D eigenvalue weighted by Gasteiger charge is 2.38. The first-order valence-electron chi connectivity index (χ1n) is 4.34. The van der Waals surface area contributed by atoms with Gasteiger partial charge in [0.05, 0.1) is 6.54 Å². The molecular weight excluding hydrogens is 162 g/mol. The molecule has 1 heterocycles. The second kappa shape index (κ2) is 3.66. The Morgan fingerprint density at radius 1 is 1.58 bits per heavy atom. The van der Waals surface area contributed by atoms with E-state index in [1.807, 2.05) is 6.92 Å². The van der Waals surface area contributed by atoms with E-state index in [4.69, 9.17) is 5.73 Å². The first-order chi connectivity index (χ1) is 5.53. The molecule has 1 fully saturated rings. The SMILES string of the molecule is CC(CN)CN1CCC(F)(F)C1. The molecule has 2 N–H and O–H groups in total. The van der Waals surface area contributed by atoms with Crippen molar-refractivity contribution in [3.63, 3.8) is 0 Å². The fourth-order valence-electron chi connectivity index (χ4n) is 1.48. The Hall–Kier alpha value is -0.220. The molecule has 0 aromatic carbocycles. The highest BCUT2D eigenvalue weighted by molar-refractivity contribution is 4.82. The van der Waals surface area contributed by atoms with E-state index in [2.05, 4.69) is 0 Å². The lowest BCUT2D eigenvalue weighted by Crippen LogP contribution is -2.31. The molecule has 1 aliphatic rings. The molecular formula is C8H16F2N2. The van der Waals surface area contributed by atoms with E-state index in [9.17, 15) is 8.78 Å². The fourth-order valence-corrected chi connectivity index (χ4v) is 1.48. The smallest absolute Gasteiger partial charge is 0.261 e. The molecule has 0 aromatic heterocycles. The average molecular weight is 178 g/mol. The van der Waals surface area contributed by atoms with Crippen LogP contribution in [0.3, 0.4) is 0 Å². The monoisotopic (exact) mass is 178 g/mol. The van der Waals surface area contributed by atoms with Crippen LogP contribution in [0.1, 0.15) is 13.3 Å². The second-order valence-electron chi connectivity index (χ2n) is 3.68. The van der Waals surface area contributed by atoms with Crippen molar-refractivity contribution in [3.8, 4) is 0 Å². The van der Waals surface area contributed by atoms with Gasteiger partial charge in [-0.25, -0.2) is 8.78 Å². The number of hydrogen-bond acceptors (Lipinski definition) is 2. The van der Waals surface area contributed by atoms with E-state index in [-0.39, 0.29) is 13.0 Å². The summed E-state index contributed by atoms with van der Waals surface area (Å²) in [4.78, 5) is 1.79. The zero-order valence-electron chi connectivity index (χ0n) is 7.39. The van der Waals surface area contributed by atoms with Crippen molar-refractivity contribution in [2.45, 2.75) is 19.3 Å². The zero-order chi connectivity index (χ0) is 9.19. The van der Waals surface area contributed by atoms with E-state index >= 15 is 0 Å². The van der Waals surface area contributed by atoms with E-state index in [1.54, 1.807) is 4.90 Å². The van der Waals surface area contributed by atoms with Crippen LogP contribution in [0.5, 0.6) is 0 Å². The van der Waals surface area contributed by atoms with E-state index in [0.717, 1.165) is 0 Å². The highest BCUT2D eigenvalue weighted by Crippen LogP contribution is 2.26. The van der Waals surface area contributed by atoms with Crippen molar-refractivity contribution in [1.29, 1.82) is 0 Å². The Kier molecular flexibility index (Phi) is 3.01. The molecule has 0 bridgehead atoms. The van der Waals surface area contributed by atoms with Gasteiger partial charge in [0.15, 0.2) is 0 Å². The summed E-state index contributed by atoms with van der Waals surface area (Å²) in [5.74, 6) is -2.15. The van der Waals surface area contributed by atoms with Crippen LogP contribution < -0.4 is 5.73 Å². The van der Waals surface area contributed by atoms with Crippen LogP contribution in [-0.2, 0) is 0 Å². The molecule has 0 radical (unpaired) electrons. The van der Waals surface area contributed by atoms with Crippen molar-refractivity contribution < 1.29 is 8.78 Å². The van der Waals surface area contributed by atoms with Crippen molar-refractivity contribution in [2.75, 3.05) is 26.2 Å². The van der Waals surface area contributed by atoms with Gasteiger partial charge >= 0.3 is 0 Å². The number of alkyl halides is 2. The fraction of sp³-hybridized carbons (Fsp3) is 1.00. The Morgan fingerprint density at radius 2 is 2.25 bits per heavy atom. The van der Waals surface area contributed by atoms with Crippen molar-refractivity contribution in [1.82, 2.24) is 4.90 Å². The van der Waals surface area contributed by atoms with Crippen LogP contribution in [0.15, 0.2) is 0 Å². The van der Waals surface area contributed by atoms with Gasteiger partial charge in [0.25, 0.3) is 5.92 Å². The maximum Gasteiger partial charge on any atom is 0.261 e. The molecule has 1 atom stereocenters. The summed E-state index contributed by atoms with van der Waals surface area (Å²) < 4.78 is 25.4. The molecule has 1 rings (SSSR count). The Bertz CT molecular complexity index is 150. The molecule has 4 heteroatoms. The number of halogens is 2. The standard InChI is InChI=1S/C8H16F2N2/c1-7(4-11)5-12-3-2-8(9,10)6-12/h7H,2-6,11H2,1H3. The van der Waals surface area contributed by atoms with Gasteiger partial charge in [-0.2, -0.15) is 0 Å². The van der Waals surface area contributed by atoms with Gasteiger partial charge < -0.3 is 5.73 Å². The summed E-state index contributed by atoms with van der Waals surface area (Å²) in [5, 5.41) is 0. The van der Waals surface area contributed by atoms with Gasteiger partial charge in [0, 0.05) is 19.5 Å².